The highest BCUT2D eigenvalue weighted by Crippen LogP contribution is 2.39. The fourth-order valence-electron chi connectivity index (χ4n) is 1.62. The van der Waals surface area contributed by atoms with Gasteiger partial charge in [0.1, 0.15) is 5.69 Å². The maximum Gasteiger partial charge on any atom is 0.433 e. The molecule has 0 N–H and O–H groups in total. The van der Waals surface area contributed by atoms with Gasteiger partial charge in [0.25, 0.3) is 0 Å². The minimum atomic E-state index is -4.58. The Kier molecular flexibility index (Phi) is 3.38. The predicted molar refractivity (Wildman–Crippen MR) is 66.5 cm³/mol. The number of alkyl halides is 3. The summed E-state index contributed by atoms with van der Waals surface area (Å²) in [6, 6.07) is 2.76. The summed E-state index contributed by atoms with van der Waals surface area (Å²) in [5, 5.41) is 0.580. The summed E-state index contributed by atoms with van der Waals surface area (Å²) in [5.41, 5.74) is -1.19. The lowest BCUT2D eigenvalue weighted by atomic mass is 10.1. The minimum Gasteiger partial charge on any atom is -0.241 e. The van der Waals surface area contributed by atoms with Crippen molar-refractivity contribution in [1.29, 1.82) is 0 Å². The number of hydrogen-bond donors (Lipinski definition) is 0. The van der Waals surface area contributed by atoms with Gasteiger partial charge in [-0.05, 0) is 24.6 Å². The van der Waals surface area contributed by atoms with Crippen LogP contribution in [0.1, 0.15) is 11.3 Å². The molecular formula is C11H5Cl3F3N. The highest BCUT2D eigenvalue weighted by Gasteiger charge is 2.36. The third-order valence-corrected chi connectivity index (χ3v) is 3.43. The maximum atomic E-state index is 12.8. The third-order valence-electron chi connectivity index (χ3n) is 2.44. The molecule has 0 aliphatic rings. The third kappa shape index (κ3) is 2.25. The zero-order chi connectivity index (χ0) is 13.7. The van der Waals surface area contributed by atoms with Crippen molar-refractivity contribution in [3.05, 3.63) is 38.5 Å². The summed E-state index contributed by atoms with van der Waals surface area (Å²) < 4.78 is 38.3. The molecule has 1 heterocycles. The Hall–Kier alpha value is -0.710. The first-order valence-corrected chi connectivity index (χ1v) is 5.87. The second-order valence-electron chi connectivity index (χ2n) is 3.68. The predicted octanol–water partition coefficient (Wildman–Crippen LogP) is 5.52. The van der Waals surface area contributed by atoms with Crippen LogP contribution in [0, 0.1) is 6.92 Å². The number of benzene rings is 1. The van der Waals surface area contributed by atoms with Gasteiger partial charge < -0.3 is 0 Å². The number of rotatable bonds is 0. The van der Waals surface area contributed by atoms with Crippen LogP contribution in [-0.2, 0) is 6.18 Å². The molecule has 0 unspecified atom stereocenters. The van der Waals surface area contributed by atoms with Crippen LogP contribution in [-0.4, -0.2) is 4.98 Å². The average molecular weight is 315 g/mol. The molecular weight excluding hydrogens is 309 g/mol. The van der Waals surface area contributed by atoms with Gasteiger partial charge in [-0.15, -0.1) is 0 Å². The number of hydrogen-bond acceptors (Lipinski definition) is 1. The Morgan fingerprint density at radius 2 is 1.72 bits per heavy atom. The van der Waals surface area contributed by atoms with Crippen molar-refractivity contribution in [1.82, 2.24) is 4.98 Å². The molecule has 0 atom stereocenters. The van der Waals surface area contributed by atoms with Crippen molar-refractivity contribution in [2.24, 2.45) is 0 Å². The Morgan fingerprint density at radius 3 is 2.28 bits per heavy atom. The van der Waals surface area contributed by atoms with Gasteiger partial charge in [0.15, 0.2) is 0 Å². The van der Waals surface area contributed by atoms with E-state index in [9.17, 15) is 13.2 Å². The lowest BCUT2D eigenvalue weighted by molar-refractivity contribution is -0.141. The van der Waals surface area contributed by atoms with E-state index in [0.717, 1.165) is 0 Å². The van der Waals surface area contributed by atoms with E-state index in [-0.39, 0.29) is 26.1 Å². The summed E-state index contributed by atoms with van der Waals surface area (Å²) in [6.07, 6.45) is -4.58. The average Bonchev–Trinajstić information content (AvgIpc) is 2.22. The van der Waals surface area contributed by atoms with Crippen LogP contribution in [0.4, 0.5) is 13.2 Å². The lowest BCUT2D eigenvalue weighted by Gasteiger charge is -2.13. The van der Waals surface area contributed by atoms with Crippen molar-refractivity contribution < 1.29 is 13.2 Å². The highest BCUT2D eigenvalue weighted by atomic mass is 35.5. The van der Waals surface area contributed by atoms with Crippen molar-refractivity contribution in [3.8, 4) is 0 Å². The first kappa shape index (κ1) is 13.7. The molecule has 0 saturated heterocycles. The van der Waals surface area contributed by atoms with Gasteiger partial charge in [-0.3, -0.25) is 0 Å². The zero-order valence-electron chi connectivity index (χ0n) is 8.87. The normalized spacial score (nSPS) is 12.2. The molecule has 2 rings (SSSR count). The van der Waals surface area contributed by atoms with Crippen molar-refractivity contribution in [3.63, 3.8) is 0 Å². The topological polar surface area (TPSA) is 12.9 Å². The fourth-order valence-corrected chi connectivity index (χ4v) is 2.39. The molecule has 1 aromatic heterocycles. The molecule has 1 aromatic carbocycles. The van der Waals surface area contributed by atoms with Crippen LogP contribution in [0.3, 0.4) is 0 Å². The minimum absolute atomic E-state index is 0.0102. The number of nitrogens with zero attached hydrogens (tertiary/aromatic N) is 1. The Bertz CT molecular complexity index is 638. The molecule has 18 heavy (non-hydrogen) atoms. The second kappa shape index (κ2) is 4.44. The smallest absolute Gasteiger partial charge is 0.241 e. The van der Waals surface area contributed by atoms with Crippen LogP contribution in [0.5, 0.6) is 0 Å². The summed E-state index contributed by atoms with van der Waals surface area (Å²) in [7, 11) is 0. The lowest BCUT2D eigenvalue weighted by Crippen LogP contribution is -2.11. The van der Waals surface area contributed by atoms with Gasteiger partial charge >= 0.3 is 6.18 Å². The SMILES string of the molecule is Cc1c(C(F)(F)F)nc2c(Cl)cc(Cl)cc2c1Cl. The molecule has 0 saturated carbocycles. The molecule has 0 bridgehead atoms. The Morgan fingerprint density at radius 1 is 1.11 bits per heavy atom. The molecule has 0 radical (unpaired) electrons. The monoisotopic (exact) mass is 313 g/mol. The van der Waals surface area contributed by atoms with E-state index in [4.69, 9.17) is 34.8 Å². The van der Waals surface area contributed by atoms with E-state index in [1.807, 2.05) is 0 Å². The van der Waals surface area contributed by atoms with Crippen molar-refractivity contribution in [2.45, 2.75) is 13.1 Å². The molecule has 1 nitrogen and oxygen atoms in total. The van der Waals surface area contributed by atoms with Gasteiger partial charge in [0, 0.05) is 10.4 Å². The Balaban J connectivity index is 2.93. The van der Waals surface area contributed by atoms with Crippen LogP contribution in [0.15, 0.2) is 12.1 Å². The van der Waals surface area contributed by atoms with Gasteiger partial charge in [-0.25, -0.2) is 4.98 Å². The van der Waals surface area contributed by atoms with Crippen molar-refractivity contribution in [2.75, 3.05) is 0 Å². The highest BCUT2D eigenvalue weighted by molar-refractivity contribution is 6.41. The van der Waals surface area contributed by atoms with Gasteiger partial charge in [-0.1, -0.05) is 34.8 Å². The first-order chi connectivity index (χ1) is 8.21. The zero-order valence-corrected chi connectivity index (χ0v) is 11.1. The van der Waals surface area contributed by atoms with Crippen LogP contribution in [0.2, 0.25) is 15.1 Å². The molecule has 0 spiro atoms. The second-order valence-corrected chi connectivity index (χ2v) is 4.90. The summed E-state index contributed by atoms with van der Waals surface area (Å²) in [5.74, 6) is 0. The van der Waals surface area contributed by atoms with Crippen molar-refractivity contribution >= 4 is 45.7 Å². The standard InChI is InChI=1S/C11H5Cl3F3N/c1-4-8(14)6-2-5(12)3-7(13)9(6)18-10(4)11(15,16)17/h2-3H,1H3. The van der Waals surface area contributed by atoms with E-state index in [1.54, 1.807) is 0 Å². The van der Waals surface area contributed by atoms with Gasteiger partial charge in [-0.2, -0.15) is 13.2 Å². The summed E-state index contributed by atoms with van der Waals surface area (Å²) in [4.78, 5) is 3.55. The van der Waals surface area contributed by atoms with Gasteiger partial charge in [0.2, 0.25) is 0 Å². The van der Waals surface area contributed by atoms with E-state index in [0.29, 0.717) is 5.39 Å². The quantitative estimate of drug-likeness (QED) is 0.623. The Labute approximate surface area is 115 Å². The van der Waals surface area contributed by atoms with Crippen LogP contribution >= 0.6 is 34.8 Å². The molecule has 7 heteroatoms. The molecule has 2 aromatic rings. The largest absolute Gasteiger partial charge is 0.433 e. The van der Waals surface area contributed by atoms with E-state index in [1.165, 1.54) is 19.1 Å². The molecule has 0 amide bonds. The molecule has 0 fully saturated rings. The van der Waals surface area contributed by atoms with Crippen LogP contribution < -0.4 is 0 Å². The number of halogens is 6. The van der Waals surface area contributed by atoms with E-state index in [2.05, 4.69) is 4.98 Å². The first-order valence-electron chi connectivity index (χ1n) is 4.74. The van der Waals surface area contributed by atoms with Gasteiger partial charge in [0.05, 0.1) is 15.6 Å². The molecule has 96 valence electrons. The number of pyridine rings is 1. The number of aromatic nitrogens is 1. The van der Waals surface area contributed by atoms with E-state index < -0.39 is 11.9 Å². The molecule has 0 aliphatic carbocycles. The summed E-state index contributed by atoms with van der Waals surface area (Å²) in [6.45, 7) is 1.26. The molecule has 0 aliphatic heterocycles. The maximum absolute atomic E-state index is 12.8. The van der Waals surface area contributed by atoms with E-state index >= 15 is 0 Å². The number of fused-ring (bicyclic) bond motifs is 1. The van der Waals surface area contributed by atoms with Crippen LogP contribution in [0.25, 0.3) is 10.9 Å². The fraction of sp³-hybridized carbons (Fsp3) is 0.182. The summed E-state index contributed by atoms with van der Waals surface area (Å²) >= 11 is 17.5.